The average molecular weight is 302 g/mol. The molecule has 0 spiro atoms. The Morgan fingerprint density at radius 1 is 1.36 bits per heavy atom. The number of urea groups is 1. The molecule has 0 aliphatic carbocycles. The van der Waals surface area contributed by atoms with Crippen LogP contribution in [0.2, 0.25) is 0 Å². The highest BCUT2D eigenvalue weighted by Crippen LogP contribution is 2.09. The second-order valence-corrected chi connectivity index (χ2v) is 5.34. The molecule has 2 aromatic heterocycles. The predicted octanol–water partition coefficient (Wildman–Crippen LogP) is 2.45. The topological polar surface area (TPSA) is 84.7 Å². The van der Waals surface area contributed by atoms with E-state index in [4.69, 9.17) is 0 Å². The number of aromatic nitrogens is 4. The lowest BCUT2D eigenvalue weighted by Crippen LogP contribution is -2.29. The highest BCUT2D eigenvalue weighted by atomic mass is 16.2. The second kappa shape index (κ2) is 7.02. The quantitative estimate of drug-likeness (QED) is 0.888. The van der Waals surface area contributed by atoms with Crippen molar-refractivity contribution >= 4 is 12.0 Å². The van der Waals surface area contributed by atoms with Gasteiger partial charge in [0.25, 0.3) is 0 Å². The molecule has 0 aliphatic heterocycles. The average Bonchev–Trinajstić information content (AvgIpc) is 2.86. The fourth-order valence-electron chi connectivity index (χ4n) is 2.03. The molecule has 0 saturated heterocycles. The first-order valence-electron chi connectivity index (χ1n) is 7.41. The molecule has 2 N–H and O–H groups in total. The van der Waals surface area contributed by atoms with Gasteiger partial charge in [0.15, 0.2) is 0 Å². The molecule has 2 heterocycles. The normalized spacial score (nSPS) is 10.8. The van der Waals surface area contributed by atoms with E-state index in [-0.39, 0.29) is 12.1 Å². The van der Waals surface area contributed by atoms with E-state index in [1.54, 1.807) is 4.68 Å². The van der Waals surface area contributed by atoms with E-state index in [1.807, 2.05) is 39.1 Å². The van der Waals surface area contributed by atoms with Crippen LogP contribution in [-0.2, 0) is 13.0 Å². The Kier molecular flexibility index (Phi) is 5.08. The van der Waals surface area contributed by atoms with Crippen LogP contribution in [0.4, 0.5) is 10.7 Å². The zero-order valence-electron chi connectivity index (χ0n) is 13.4. The van der Waals surface area contributed by atoms with Gasteiger partial charge in [0.2, 0.25) is 5.95 Å². The van der Waals surface area contributed by atoms with Crippen molar-refractivity contribution in [2.75, 3.05) is 5.32 Å². The van der Waals surface area contributed by atoms with Crippen LogP contribution in [-0.4, -0.2) is 25.8 Å². The van der Waals surface area contributed by atoms with E-state index < -0.39 is 0 Å². The molecule has 2 aromatic rings. The van der Waals surface area contributed by atoms with Gasteiger partial charge in [-0.05, 0) is 38.8 Å². The molecule has 2 amide bonds. The predicted molar refractivity (Wildman–Crippen MR) is 84.6 cm³/mol. The third-order valence-electron chi connectivity index (χ3n) is 3.24. The van der Waals surface area contributed by atoms with Gasteiger partial charge in [0, 0.05) is 12.2 Å². The minimum atomic E-state index is -0.345. The van der Waals surface area contributed by atoms with E-state index in [1.165, 1.54) is 5.56 Å². The van der Waals surface area contributed by atoms with E-state index in [0.29, 0.717) is 12.5 Å². The van der Waals surface area contributed by atoms with Gasteiger partial charge >= 0.3 is 6.03 Å². The van der Waals surface area contributed by atoms with E-state index in [2.05, 4.69) is 32.6 Å². The molecule has 0 atom stereocenters. The van der Waals surface area contributed by atoms with Crippen LogP contribution in [0.3, 0.4) is 0 Å². The molecule has 22 heavy (non-hydrogen) atoms. The maximum atomic E-state index is 11.9. The molecule has 0 fully saturated rings. The molecule has 0 aliphatic rings. The highest BCUT2D eigenvalue weighted by Gasteiger charge is 2.11. The summed E-state index contributed by atoms with van der Waals surface area (Å²) >= 11 is 0. The van der Waals surface area contributed by atoms with Crippen LogP contribution in [0.25, 0.3) is 0 Å². The van der Waals surface area contributed by atoms with Crippen LogP contribution in [0, 0.1) is 6.92 Å². The summed E-state index contributed by atoms with van der Waals surface area (Å²) in [4.78, 5) is 20.4. The number of carbonyl (C=O) groups excluding carboxylic acids is 1. The zero-order chi connectivity index (χ0) is 16.1. The summed E-state index contributed by atoms with van der Waals surface area (Å²) in [5, 5.41) is 9.62. The number of nitrogens with one attached hydrogen (secondary N) is 2. The molecular weight excluding hydrogens is 280 g/mol. The molecule has 0 aromatic carbocycles. The molecule has 0 saturated carbocycles. The summed E-state index contributed by atoms with van der Waals surface area (Å²) in [6, 6.07) is 3.78. The van der Waals surface area contributed by atoms with Crippen LogP contribution in [0.15, 0.2) is 18.3 Å². The van der Waals surface area contributed by atoms with Gasteiger partial charge in [-0.2, -0.15) is 4.98 Å². The van der Waals surface area contributed by atoms with Crippen molar-refractivity contribution in [3.05, 3.63) is 35.4 Å². The van der Waals surface area contributed by atoms with Crippen LogP contribution >= 0.6 is 0 Å². The Hall–Kier alpha value is -2.44. The van der Waals surface area contributed by atoms with Gasteiger partial charge in [-0.3, -0.25) is 10.3 Å². The molecule has 0 unspecified atom stereocenters. The molecule has 2 rings (SSSR count). The lowest BCUT2D eigenvalue weighted by Gasteiger charge is -2.06. The first-order valence-corrected chi connectivity index (χ1v) is 7.41. The number of pyridine rings is 1. The summed E-state index contributed by atoms with van der Waals surface area (Å²) in [6.45, 7) is 8.32. The Morgan fingerprint density at radius 3 is 2.68 bits per heavy atom. The summed E-state index contributed by atoms with van der Waals surface area (Å²) in [5.41, 5.74) is 1.98. The number of amides is 2. The smallest absolute Gasteiger partial charge is 0.321 e. The molecule has 0 bridgehead atoms. The van der Waals surface area contributed by atoms with E-state index in [9.17, 15) is 4.79 Å². The third kappa shape index (κ3) is 4.03. The number of nitrogens with zero attached hydrogens (tertiary/aromatic N) is 4. The van der Waals surface area contributed by atoms with Crippen molar-refractivity contribution in [1.82, 2.24) is 25.1 Å². The van der Waals surface area contributed by atoms with Crippen molar-refractivity contribution in [2.45, 2.75) is 46.7 Å². The van der Waals surface area contributed by atoms with Crippen LogP contribution in [0.5, 0.6) is 0 Å². The summed E-state index contributed by atoms with van der Waals surface area (Å²) in [5.74, 6) is 1.07. The number of rotatable bonds is 5. The highest BCUT2D eigenvalue weighted by molar-refractivity contribution is 5.87. The maximum absolute atomic E-state index is 11.9. The van der Waals surface area contributed by atoms with Crippen molar-refractivity contribution in [2.24, 2.45) is 0 Å². The lowest BCUT2D eigenvalue weighted by molar-refractivity contribution is 0.251. The van der Waals surface area contributed by atoms with Crippen LogP contribution < -0.4 is 10.6 Å². The summed E-state index contributed by atoms with van der Waals surface area (Å²) in [6.07, 6.45) is 2.77. The van der Waals surface area contributed by atoms with E-state index in [0.717, 1.165) is 17.9 Å². The Morgan fingerprint density at radius 2 is 2.14 bits per heavy atom. The van der Waals surface area contributed by atoms with Crippen molar-refractivity contribution in [3.8, 4) is 0 Å². The maximum Gasteiger partial charge on any atom is 0.321 e. The minimum Gasteiger partial charge on any atom is -0.332 e. The number of aryl methyl sites for hydroxylation is 2. The molecule has 0 radical (unpaired) electrons. The molecule has 7 nitrogen and oxygen atoms in total. The van der Waals surface area contributed by atoms with Gasteiger partial charge in [0.05, 0.1) is 12.2 Å². The van der Waals surface area contributed by atoms with E-state index >= 15 is 0 Å². The molecule has 118 valence electrons. The van der Waals surface area contributed by atoms with Crippen molar-refractivity contribution in [3.63, 3.8) is 0 Å². The van der Waals surface area contributed by atoms with Crippen LogP contribution in [0.1, 0.15) is 43.9 Å². The summed E-state index contributed by atoms with van der Waals surface area (Å²) < 4.78 is 1.76. The Balaban J connectivity index is 1.88. The SMILES string of the molecule is CCc1ccc(CNC(=O)Nc2nc(C)n(C(C)C)n2)nc1. The molecule has 7 heteroatoms. The number of hydrogen-bond acceptors (Lipinski definition) is 4. The van der Waals surface area contributed by atoms with Crippen molar-refractivity contribution in [1.29, 1.82) is 0 Å². The van der Waals surface area contributed by atoms with Gasteiger partial charge in [-0.15, -0.1) is 5.10 Å². The Labute approximate surface area is 130 Å². The standard InChI is InChI=1S/C15H22N6O/c1-5-12-6-7-13(16-8-12)9-17-15(22)19-14-18-11(4)21(20-14)10(2)3/h6-8,10H,5,9H2,1-4H3,(H2,17,19,20,22). The monoisotopic (exact) mass is 302 g/mol. The first kappa shape index (κ1) is 15.9. The lowest BCUT2D eigenvalue weighted by atomic mass is 10.2. The van der Waals surface area contributed by atoms with Gasteiger partial charge < -0.3 is 5.32 Å². The zero-order valence-corrected chi connectivity index (χ0v) is 13.4. The summed E-state index contributed by atoms with van der Waals surface area (Å²) in [7, 11) is 0. The fraction of sp³-hybridized carbons (Fsp3) is 0.467. The number of anilines is 1. The molecular formula is C15H22N6O. The Bertz CT molecular complexity index is 632. The fourth-order valence-corrected chi connectivity index (χ4v) is 2.03. The van der Waals surface area contributed by atoms with Crippen molar-refractivity contribution < 1.29 is 4.79 Å². The van der Waals surface area contributed by atoms with Gasteiger partial charge in [0.1, 0.15) is 5.82 Å². The minimum absolute atomic E-state index is 0.201. The number of hydrogen-bond donors (Lipinski definition) is 2. The third-order valence-corrected chi connectivity index (χ3v) is 3.24. The largest absolute Gasteiger partial charge is 0.332 e. The second-order valence-electron chi connectivity index (χ2n) is 5.34. The van der Waals surface area contributed by atoms with Gasteiger partial charge in [-0.1, -0.05) is 13.0 Å². The first-order chi connectivity index (χ1) is 10.5. The van der Waals surface area contributed by atoms with Gasteiger partial charge in [-0.25, -0.2) is 9.48 Å². The number of carbonyl (C=O) groups is 1.